The first kappa shape index (κ1) is 27.8. The molecule has 0 N–H and O–H groups in total. The van der Waals surface area contributed by atoms with Crippen LogP contribution in [0.3, 0.4) is 0 Å². The molecule has 1 aliphatic carbocycles. The molecule has 4 aromatic heterocycles. The van der Waals surface area contributed by atoms with Gasteiger partial charge in [0.15, 0.2) is 18.0 Å². The Balaban J connectivity index is 1.33. The molecule has 3 unspecified atom stereocenters. The van der Waals surface area contributed by atoms with Gasteiger partial charge < -0.3 is 4.42 Å². The van der Waals surface area contributed by atoms with E-state index in [0.29, 0.717) is 5.92 Å². The van der Waals surface area contributed by atoms with Gasteiger partial charge in [-0.15, -0.1) is 11.3 Å². The molecule has 4 heteroatoms. The summed E-state index contributed by atoms with van der Waals surface area (Å²) >= 11 is 1.84. The summed E-state index contributed by atoms with van der Waals surface area (Å²) in [5.74, 6) is 0.323. The van der Waals surface area contributed by atoms with Gasteiger partial charge in [0, 0.05) is 44.5 Å². The highest BCUT2D eigenvalue weighted by molar-refractivity contribution is 7.20. The van der Waals surface area contributed by atoms with Gasteiger partial charge in [-0.3, -0.25) is 0 Å². The van der Waals surface area contributed by atoms with Crippen molar-refractivity contribution in [3.63, 3.8) is 0 Å². The number of furan rings is 1. The van der Waals surface area contributed by atoms with Crippen LogP contribution in [0.15, 0.2) is 77.5 Å². The Morgan fingerprint density at radius 3 is 2.38 bits per heavy atom. The number of rotatable bonds is 1. The third kappa shape index (κ3) is 3.47. The van der Waals surface area contributed by atoms with Gasteiger partial charge in [-0.25, -0.2) is 0 Å². The molecular formula is C43H40N2OS+2. The molecule has 232 valence electrons. The predicted molar refractivity (Wildman–Crippen MR) is 193 cm³/mol. The number of nitrogens with zero attached hydrogens (tertiary/aromatic N) is 2. The zero-order chi connectivity index (χ0) is 32.3. The number of hydrogen-bond acceptors (Lipinski definition) is 2. The molecule has 0 amide bonds. The minimum absolute atomic E-state index is 0.186. The number of thiophene rings is 1. The Hall–Kier alpha value is -4.28. The Bertz CT molecular complexity index is 2560. The molecule has 47 heavy (non-hydrogen) atoms. The lowest BCUT2D eigenvalue weighted by molar-refractivity contribution is -0.772. The molecule has 1 saturated carbocycles. The molecular weight excluding hydrogens is 593 g/mol. The van der Waals surface area contributed by atoms with E-state index in [1.807, 2.05) is 11.3 Å². The largest absolute Gasteiger partial charge is 0.454 e. The molecule has 0 saturated heterocycles. The lowest BCUT2D eigenvalue weighted by Gasteiger charge is -2.19. The van der Waals surface area contributed by atoms with Gasteiger partial charge in [-0.05, 0) is 92.8 Å². The zero-order valence-electron chi connectivity index (χ0n) is 28.5. The van der Waals surface area contributed by atoms with Gasteiger partial charge in [0.05, 0.1) is 15.8 Å². The lowest BCUT2D eigenvalue weighted by Crippen LogP contribution is -2.51. The van der Waals surface area contributed by atoms with Gasteiger partial charge in [0.1, 0.15) is 11.5 Å². The molecule has 0 radical (unpaired) electrons. The molecule has 3 atom stereocenters. The highest BCUT2D eigenvalue weighted by Crippen LogP contribution is 2.71. The van der Waals surface area contributed by atoms with E-state index in [0.717, 1.165) is 17.6 Å². The summed E-state index contributed by atoms with van der Waals surface area (Å²) in [6, 6.07) is 24.0. The number of aryl methyl sites for hydroxylation is 5. The second kappa shape index (κ2) is 8.79. The minimum atomic E-state index is -0.238. The quantitative estimate of drug-likeness (QED) is 0.165. The van der Waals surface area contributed by atoms with Crippen molar-refractivity contribution < 1.29 is 13.6 Å². The minimum Gasteiger partial charge on any atom is -0.454 e. The number of aromatic nitrogens is 2. The first-order valence-electron chi connectivity index (χ1n) is 17.0. The van der Waals surface area contributed by atoms with E-state index in [1.54, 1.807) is 0 Å². The van der Waals surface area contributed by atoms with Crippen LogP contribution in [0.4, 0.5) is 0 Å². The standard InChI is InChI=1S/C43H40N2OS/c1-22-9-11-29-32(15-22)37-41(44-20-24(3)23(2)16-34(29)44)43(37)33-14-13-30-31-12-10-27-17-26(5)47-40(27)39(31)46-38(30)36(33)35-18-28(19-42(6,7)8)25(4)21-45(35)43/h9-18,20-21,37,41H,19H2,1-8H3/q+2. The summed E-state index contributed by atoms with van der Waals surface area (Å²) in [5, 5.41) is 3.70. The van der Waals surface area contributed by atoms with Crippen LogP contribution in [-0.2, 0) is 12.0 Å². The average molecular weight is 633 g/mol. The van der Waals surface area contributed by atoms with Crippen LogP contribution >= 0.6 is 11.3 Å². The van der Waals surface area contributed by atoms with Gasteiger partial charge in [-0.1, -0.05) is 50.6 Å². The highest BCUT2D eigenvalue weighted by Gasteiger charge is 2.86. The molecule has 10 rings (SSSR count). The number of fused-ring (bicyclic) bond motifs is 19. The smallest absolute Gasteiger partial charge is 0.269 e. The molecule has 7 aromatic rings. The second-order valence-electron chi connectivity index (χ2n) is 15.9. The molecule has 3 aliphatic rings. The fraction of sp³-hybridized carbons (Fsp3) is 0.302. The highest BCUT2D eigenvalue weighted by atomic mass is 32.1. The van der Waals surface area contributed by atoms with Gasteiger partial charge in [-0.2, -0.15) is 9.13 Å². The molecule has 1 spiro atoms. The molecule has 3 nitrogen and oxygen atoms in total. The fourth-order valence-corrected chi connectivity index (χ4v) is 10.3. The monoisotopic (exact) mass is 632 g/mol. The van der Waals surface area contributed by atoms with Gasteiger partial charge in [0.25, 0.3) is 5.54 Å². The topological polar surface area (TPSA) is 20.9 Å². The Morgan fingerprint density at radius 1 is 0.787 bits per heavy atom. The van der Waals surface area contributed by atoms with Crippen molar-refractivity contribution in [1.29, 1.82) is 0 Å². The Labute approximate surface area is 280 Å². The first-order chi connectivity index (χ1) is 22.5. The number of hydrogen-bond donors (Lipinski definition) is 0. The van der Waals surface area contributed by atoms with E-state index < -0.39 is 0 Å². The van der Waals surface area contributed by atoms with Crippen LogP contribution < -0.4 is 9.13 Å². The van der Waals surface area contributed by atoms with Gasteiger partial charge >= 0.3 is 0 Å². The third-order valence-electron chi connectivity index (χ3n) is 11.5. The van der Waals surface area contributed by atoms with E-state index >= 15 is 0 Å². The van der Waals surface area contributed by atoms with Crippen LogP contribution in [0.2, 0.25) is 0 Å². The van der Waals surface area contributed by atoms with Crippen LogP contribution in [-0.4, -0.2) is 0 Å². The molecule has 1 fully saturated rings. The first-order valence-corrected chi connectivity index (χ1v) is 17.9. The van der Waals surface area contributed by atoms with Crippen LogP contribution in [0, 0.1) is 40.0 Å². The van der Waals surface area contributed by atoms with E-state index in [-0.39, 0.29) is 17.0 Å². The van der Waals surface area contributed by atoms with E-state index in [2.05, 4.69) is 138 Å². The fourth-order valence-electron chi connectivity index (χ4n) is 9.34. The van der Waals surface area contributed by atoms with Crippen molar-refractivity contribution in [2.45, 2.75) is 79.3 Å². The van der Waals surface area contributed by atoms with Crippen molar-refractivity contribution in [2.75, 3.05) is 0 Å². The third-order valence-corrected chi connectivity index (χ3v) is 12.5. The maximum atomic E-state index is 7.11. The SMILES string of the molecule is Cc1ccc2c(c1)C1C([n+]3cc(C)c(C)cc3-2)C12c1ccc3c(oc4c3ccc3cc(C)sc34)c1-c1cc(CC(C)(C)C)c(C)c[n+]12. The number of benzene rings is 3. The maximum absolute atomic E-state index is 7.11. The summed E-state index contributed by atoms with van der Waals surface area (Å²) in [5.41, 5.74) is 17.0. The molecule has 2 aliphatic heterocycles. The summed E-state index contributed by atoms with van der Waals surface area (Å²) in [6.45, 7) is 18.3. The van der Waals surface area contributed by atoms with E-state index in [4.69, 9.17) is 4.42 Å². The lowest BCUT2D eigenvalue weighted by atomic mass is 9.86. The molecule has 0 bridgehead atoms. The van der Waals surface area contributed by atoms with Gasteiger partial charge in [0.2, 0.25) is 17.4 Å². The van der Waals surface area contributed by atoms with Crippen molar-refractivity contribution in [1.82, 2.24) is 0 Å². The van der Waals surface area contributed by atoms with Crippen LogP contribution in [0.5, 0.6) is 0 Å². The summed E-state index contributed by atoms with van der Waals surface area (Å²) in [4.78, 5) is 1.32. The zero-order valence-corrected chi connectivity index (χ0v) is 29.3. The van der Waals surface area contributed by atoms with Crippen molar-refractivity contribution in [3.05, 3.63) is 117 Å². The number of pyridine rings is 2. The van der Waals surface area contributed by atoms with Crippen LogP contribution in [0.25, 0.3) is 54.5 Å². The second-order valence-corrected chi connectivity index (χ2v) is 17.2. The predicted octanol–water partition coefficient (Wildman–Crippen LogP) is 10.2. The summed E-state index contributed by atoms with van der Waals surface area (Å²) in [7, 11) is 0. The van der Waals surface area contributed by atoms with Crippen molar-refractivity contribution in [2.24, 2.45) is 5.41 Å². The van der Waals surface area contributed by atoms with Crippen molar-refractivity contribution >= 4 is 43.4 Å². The Kier molecular flexibility index (Phi) is 5.20. The normalized spacial score (nSPS) is 20.5. The van der Waals surface area contributed by atoms with E-state index in [1.165, 1.54) is 87.2 Å². The average Bonchev–Trinajstić information content (AvgIpc) is 3.20. The molecule has 6 heterocycles. The Morgan fingerprint density at radius 2 is 1.57 bits per heavy atom. The maximum Gasteiger partial charge on any atom is 0.269 e. The van der Waals surface area contributed by atoms with Crippen molar-refractivity contribution in [3.8, 4) is 22.5 Å². The van der Waals surface area contributed by atoms with Crippen LogP contribution in [0.1, 0.15) is 76.6 Å². The summed E-state index contributed by atoms with van der Waals surface area (Å²) in [6.07, 6.45) is 5.94. The molecule has 3 aromatic carbocycles. The van der Waals surface area contributed by atoms with E-state index in [9.17, 15) is 0 Å². The summed E-state index contributed by atoms with van der Waals surface area (Å²) < 4.78 is 13.7.